The van der Waals surface area contributed by atoms with Crippen LogP contribution in [-0.2, 0) is 19.1 Å². The normalized spacial score (nSPS) is 11.7. The van der Waals surface area contributed by atoms with Gasteiger partial charge in [-0.2, -0.15) is 0 Å². The van der Waals surface area contributed by atoms with Gasteiger partial charge in [0.25, 0.3) is 0 Å². The van der Waals surface area contributed by atoms with Crippen molar-refractivity contribution in [3.63, 3.8) is 0 Å². The molecule has 0 bridgehead atoms. The van der Waals surface area contributed by atoms with Gasteiger partial charge in [0, 0.05) is 25.4 Å². The summed E-state index contributed by atoms with van der Waals surface area (Å²) in [5.41, 5.74) is -0.0602. The Bertz CT molecular complexity index is 329. The van der Waals surface area contributed by atoms with Gasteiger partial charge in [-0.15, -0.1) is 0 Å². The molecule has 0 amide bonds. The molecule has 0 aromatic carbocycles. The summed E-state index contributed by atoms with van der Waals surface area (Å²) in [7, 11) is 0. The van der Waals surface area contributed by atoms with Crippen LogP contribution in [0, 0.1) is 5.92 Å². The van der Waals surface area contributed by atoms with E-state index < -0.39 is 0 Å². The summed E-state index contributed by atoms with van der Waals surface area (Å²) in [5.74, 6) is 0.225. The lowest BCUT2D eigenvalue weighted by atomic mass is 10.0. The van der Waals surface area contributed by atoms with Crippen LogP contribution in [-0.4, -0.2) is 30.6 Å². The number of esters is 1. The second-order valence-corrected chi connectivity index (χ2v) is 7.42. The number of rotatable bonds is 13. The minimum absolute atomic E-state index is 0.0602. The smallest absolute Gasteiger partial charge is 0.305 e. The maximum atomic E-state index is 11.5. The molecule has 0 rings (SSSR count). The molecule has 136 valence electrons. The van der Waals surface area contributed by atoms with Crippen LogP contribution in [0.5, 0.6) is 0 Å². The van der Waals surface area contributed by atoms with Gasteiger partial charge in [-0.05, 0) is 52.9 Å². The van der Waals surface area contributed by atoms with Crippen LogP contribution in [0.2, 0.25) is 0 Å². The topological polar surface area (TPSA) is 52.6 Å². The van der Waals surface area contributed by atoms with Crippen LogP contribution in [0.25, 0.3) is 0 Å². The van der Waals surface area contributed by atoms with Gasteiger partial charge < -0.3 is 9.47 Å². The Hall–Kier alpha value is -0.900. The van der Waals surface area contributed by atoms with Crippen molar-refractivity contribution in [3.05, 3.63) is 0 Å². The van der Waals surface area contributed by atoms with E-state index in [9.17, 15) is 9.59 Å². The van der Waals surface area contributed by atoms with Gasteiger partial charge in [0.05, 0.1) is 12.2 Å². The molecule has 0 spiro atoms. The molecular formula is C19H36O4. The van der Waals surface area contributed by atoms with Gasteiger partial charge in [-0.25, -0.2) is 0 Å². The lowest BCUT2D eigenvalue weighted by Gasteiger charge is -2.19. The zero-order valence-corrected chi connectivity index (χ0v) is 15.8. The Kier molecular flexibility index (Phi) is 12.0. The lowest BCUT2D eigenvalue weighted by molar-refractivity contribution is -0.144. The van der Waals surface area contributed by atoms with Crippen molar-refractivity contribution in [1.29, 1.82) is 0 Å². The Balaban J connectivity index is 3.36. The van der Waals surface area contributed by atoms with Gasteiger partial charge in [0.2, 0.25) is 0 Å². The van der Waals surface area contributed by atoms with Crippen LogP contribution >= 0.6 is 0 Å². The third-order valence-corrected chi connectivity index (χ3v) is 3.53. The van der Waals surface area contributed by atoms with Crippen LogP contribution in [0.3, 0.4) is 0 Å². The molecule has 0 aliphatic heterocycles. The lowest BCUT2D eigenvalue weighted by Crippen LogP contribution is -2.19. The molecule has 23 heavy (non-hydrogen) atoms. The second-order valence-electron chi connectivity index (χ2n) is 7.42. The molecule has 0 fully saturated rings. The highest BCUT2D eigenvalue weighted by molar-refractivity contribution is 5.80. The van der Waals surface area contributed by atoms with E-state index in [0.29, 0.717) is 19.4 Å². The van der Waals surface area contributed by atoms with E-state index >= 15 is 0 Å². The summed E-state index contributed by atoms with van der Waals surface area (Å²) in [5, 5.41) is 0. The van der Waals surface area contributed by atoms with E-state index in [2.05, 4.69) is 20.8 Å². The average molecular weight is 328 g/mol. The zero-order valence-electron chi connectivity index (χ0n) is 15.8. The first-order valence-corrected chi connectivity index (χ1v) is 9.04. The molecule has 0 saturated heterocycles. The quantitative estimate of drug-likeness (QED) is 0.363. The van der Waals surface area contributed by atoms with Crippen molar-refractivity contribution in [3.8, 4) is 0 Å². The highest BCUT2D eigenvalue weighted by atomic mass is 16.5. The molecule has 0 N–H and O–H groups in total. The molecule has 0 atom stereocenters. The maximum Gasteiger partial charge on any atom is 0.305 e. The molecular weight excluding hydrogens is 292 g/mol. The summed E-state index contributed by atoms with van der Waals surface area (Å²) < 4.78 is 10.9. The summed E-state index contributed by atoms with van der Waals surface area (Å²) in [6.45, 7) is 11.3. The number of hydrogen-bond donors (Lipinski definition) is 0. The number of unbranched alkanes of at least 4 members (excludes halogenated alkanes) is 4. The highest BCUT2D eigenvalue weighted by Gasteiger charge is 2.09. The molecule has 0 aromatic rings. The molecule has 0 aliphatic rings. The molecule has 0 aromatic heterocycles. The van der Waals surface area contributed by atoms with Gasteiger partial charge in [0.15, 0.2) is 0 Å². The molecule has 4 heteroatoms. The van der Waals surface area contributed by atoms with E-state index in [4.69, 9.17) is 9.47 Å². The minimum Gasteiger partial charge on any atom is -0.466 e. The third-order valence-electron chi connectivity index (χ3n) is 3.53. The van der Waals surface area contributed by atoms with Crippen molar-refractivity contribution < 1.29 is 19.1 Å². The van der Waals surface area contributed by atoms with Gasteiger partial charge in [-0.3, -0.25) is 9.59 Å². The molecule has 0 saturated carbocycles. The van der Waals surface area contributed by atoms with E-state index in [-0.39, 0.29) is 23.3 Å². The van der Waals surface area contributed by atoms with Gasteiger partial charge in [0.1, 0.15) is 5.78 Å². The monoisotopic (exact) mass is 328 g/mol. The summed E-state index contributed by atoms with van der Waals surface area (Å²) in [4.78, 5) is 23.0. The van der Waals surface area contributed by atoms with E-state index in [1.165, 1.54) is 0 Å². The Morgan fingerprint density at radius 1 is 0.826 bits per heavy atom. The molecule has 0 radical (unpaired) electrons. The van der Waals surface area contributed by atoms with Crippen molar-refractivity contribution in [1.82, 2.24) is 0 Å². The van der Waals surface area contributed by atoms with Crippen molar-refractivity contribution in [2.75, 3.05) is 13.2 Å². The maximum absolute atomic E-state index is 11.5. The van der Waals surface area contributed by atoms with Crippen molar-refractivity contribution in [2.45, 2.75) is 91.6 Å². The van der Waals surface area contributed by atoms with Gasteiger partial charge in [-0.1, -0.05) is 20.3 Å². The largest absolute Gasteiger partial charge is 0.466 e. The number of ether oxygens (including phenoxy) is 2. The molecule has 0 aliphatic carbocycles. The fraction of sp³-hybridized carbons (Fsp3) is 0.895. The van der Waals surface area contributed by atoms with Gasteiger partial charge >= 0.3 is 5.97 Å². The fourth-order valence-electron chi connectivity index (χ4n) is 2.05. The first-order valence-electron chi connectivity index (χ1n) is 9.04. The average Bonchev–Trinajstić information content (AvgIpc) is 2.44. The van der Waals surface area contributed by atoms with Crippen LogP contribution in [0.4, 0.5) is 0 Å². The summed E-state index contributed by atoms with van der Waals surface area (Å²) in [6, 6.07) is 0. The number of carbonyl (C=O) groups excluding carboxylic acids is 2. The third kappa shape index (κ3) is 15.8. The number of hydrogen-bond acceptors (Lipinski definition) is 4. The van der Waals surface area contributed by atoms with Crippen molar-refractivity contribution >= 4 is 11.8 Å². The number of Topliss-reactive ketones (excluding diaryl/α,β-unsaturated/α-hetero) is 1. The SMILES string of the molecule is CC(C)C(=O)CCCCC(=O)OCCCCCCOC(C)(C)C. The van der Waals surface area contributed by atoms with E-state index in [1.54, 1.807) is 0 Å². The fourth-order valence-corrected chi connectivity index (χ4v) is 2.05. The summed E-state index contributed by atoms with van der Waals surface area (Å²) >= 11 is 0. The predicted octanol–water partition coefficient (Wildman–Crippen LogP) is 4.69. The first-order chi connectivity index (χ1) is 10.7. The predicted molar refractivity (Wildman–Crippen MR) is 93.4 cm³/mol. The first kappa shape index (κ1) is 22.1. The molecule has 4 nitrogen and oxygen atoms in total. The number of carbonyl (C=O) groups is 2. The zero-order chi connectivity index (χ0) is 17.7. The minimum atomic E-state index is -0.141. The molecule has 0 unspecified atom stereocenters. The standard InChI is InChI=1S/C19H36O4/c1-16(2)17(20)12-8-9-13-18(21)22-14-10-6-7-11-15-23-19(3,4)5/h16H,6-15H2,1-5H3. The van der Waals surface area contributed by atoms with Crippen molar-refractivity contribution in [2.24, 2.45) is 5.92 Å². The van der Waals surface area contributed by atoms with Crippen LogP contribution in [0.15, 0.2) is 0 Å². The summed E-state index contributed by atoms with van der Waals surface area (Å²) in [6.07, 6.45) is 6.63. The number of ketones is 1. The van der Waals surface area contributed by atoms with Crippen LogP contribution in [0.1, 0.15) is 86.0 Å². The van der Waals surface area contributed by atoms with Crippen LogP contribution < -0.4 is 0 Å². The van der Waals surface area contributed by atoms with E-state index in [1.807, 2.05) is 13.8 Å². The molecule has 0 heterocycles. The van der Waals surface area contributed by atoms with E-state index in [0.717, 1.165) is 45.1 Å². The Morgan fingerprint density at radius 3 is 1.96 bits per heavy atom. The Labute approximate surface area is 142 Å². The highest BCUT2D eigenvalue weighted by Crippen LogP contribution is 2.10. The second kappa shape index (κ2) is 12.5. The Morgan fingerprint density at radius 2 is 1.39 bits per heavy atom.